The molecule has 4 N–H and O–H groups in total. The average molecular weight is 462 g/mol. The minimum atomic E-state index is -1.43. The van der Waals surface area contributed by atoms with E-state index in [1.807, 2.05) is 43.3 Å². The van der Waals surface area contributed by atoms with Gasteiger partial charge < -0.3 is 30.0 Å². The Morgan fingerprint density at radius 1 is 1.09 bits per heavy atom. The van der Waals surface area contributed by atoms with Crippen LogP contribution in [0.25, 0.3) is 5.57 Å². The summed E-state index contributed by atoms with van der Waals surface area (Å²) in [5, 5.41) is 44.2. The number of allylic oxidation sites excluding steroid dienone is 2. The number of halogens is 1. The molecule has 0 bridgehead atoms. The number of aliphatic hydroxyl groups is 4. The van der Waals surface area contributed by atoms with Crippen molar-refractivity contribution < 1.29 is 30.0 Å². The molecular weight excluding hydrogens is 434 g/mol. The Labute approximate surface area is 192 Å². The maximum atomic E-state index is 10.4. The smallest absolute Gasteiger partial charge is 0.113 e. The molecule has 32 heavy (non-hydrogen) atoms. The summed E-state index contributed by atoms with van der Waals surface area (Å²) in [5.74, 6) is 0. The van der Waals surface area contributed by atoms with Gasteiger partial charge >= 0.3 is 0 Å². The van der Waals surface area contributed by atoms with Crippen molar-refractivity contribution in [3.05, 3.63) is 75.8 Å². The van der Waals surface area contributed by atoms with E-state index in [1.165, 1.54) is 7.11 Å². The van der Waals surface area contributed by atoms with Gasteiger partial charge in [-0.2, -0.15) is 0 Å². The van der Waals surface area contributed by atoms with Crippen molar-refractivity contribution in [2.24, 2.45) is 5.16 Å². The van der Waals surface area contributed by atoms with E-state index in [4.69, 9.17) is 16.3 Å². The molecular formula is C24H28ClNO6. The fourth-order valence-corrected chi connectivity index (χ4v) is 3.87. The van der Waals surface area contributed by atoms with Crippen LogP contribution < -0.4 is 0 Å². The summed E-state index contributed by atoms with van der Waals surface area (Å²) < 4.78 is 5.67. The normalized spacial score (nSPS) is 26.5. The van der Waals surface area contributed by atoms with Crippen molar-refractivity contribution in [3.63, 3.8) is 0 Å². The fourth-order valence-electron chi connectivity index (χ4n) is 3.69. The Balaban J connectivity index is 1.79. The molecule has 0 spiro atoms. The minimum absolute atomic E-state index is 0.473. The van der Waals surface area contributed by atoms with Gasteiger partial charge in [-0.25, -0.2) is 0 Å². The van der Waals surface area contributed by atoms with Gasteiger partial charge in [-0.15, -0.1) is 0 Å². The summed E-state index contributed by atoms with van der Waals surface area (Å²) in [6.45, 7) is 1.51. The first-order chi connectivity index (χ1) is 15.3. The first-order valence-corrected chi connectivity index (χ1v) is 10.6. The third kappa shape index (κ3) is 5.56. The van der Waals surface area contributed by atoms with Crippen LogP contribution in [-0.4, -0.2) is 64.8 Å². The minimum Gasteiger partial charge on any atom is -0.399 e. The highest BCUT2D eigenvalue weighted by Crippen LogP contribution is 2.34. The van der Waals surface area contributed by atoms with Gasteiger partial charge in [0.25, 0.3) is 0 Å². The van der Waals surface area contributed by atoms with E-state index < -0.39 is 37.1 Å². The van der Waals surface area contributed by atoms with Gasteiger partial charge in [0.2, 0.25) is 0 Å². The number of rotatable bonds is 7. The van der Waals surface area contributed by atoms with Crippen molar-refractivity contribution >= 4 is 23.4 Å². The lowest BCUT2D eigenvalue weighted by Crippen LogP contribution is -2.55. The molecule has 1 aliphatic rings. The lowest BCUT2D eigenvalue weighted by Gasteiger charge is -2.40. The molecule has 1 fully saturated rings. The number of oxime groups is 1. The van der Waals surface area contributed by atoms with Crippen molar-refractivity contribution in [2.45, 2.75) is 43.9 Å². The number of nitrogens with zero attached hydrogens (tertiary/aromatic N) is 1. The zero-order chi connectivity index (χ0) is 23.3. The van der Waals surface area contributed by atoms with Gasteiger partial charge in [-0.1, -0.05) is 53.2 Å². The molecule has 2 aromatic rings. The Morgan fingerprint density at radius 3 is 2.47 bits per heavy atom. The van der Waals surface area contributed by atoms with Crippen LogP contribution in [0, 0.1) is 0 Å². The summed E-state index contributed by atoms with van der Waals surface area (Å²) in [7, 11) is 1.49. The molecule has 1 heterocycles. The van der Waals surface area contributed by atoms with E-state index in [9.17, 15) is 20.4 Å². The number of hydrogen-bond donors (Lipinski definition) is 4. The van der Waals surface area contributed by atoms with Crippen LogP contribution in [0.2, 0.25) is 5.02 Å². The van der Waals surface area contributed by atoms with E-state index in [0.29, 0.717) is 17.0 Å². The monoisotopic (exact) mass is 461 g/mol. The summed E-state index contributed by atoms with van der Waals surface area (Å²) in [6.07, 6.45) is -2.01. The molecule has 0 unspecified atom stereocenters. The van der Waals surface area contributed by atoms with Crippen LogP contribution >= 0.6 is 11.6 Å². The van der Waals surface area contributed by atoms with E-state index in [0.717, 1.165) is 22.3 Å². The molecule has 0 amide bonds. The van der Waals surface area contributed by atoms with E-state index >= 15 is 0 Å². The number of ether oxygens (including phenoxy) is 1. The molecule has 0 aliphatic carbocycles. The third-order valence-electron chi connectivity index (χ3n) is 5.59. The molecule has 5 atom stereocenters. The number of hydrogen-bond acceptors (Lipinski definition) is 7. The lowest BCUT2D eigenvalue weighted by molar-refractivity contribution is -0.231. The lowest BCUT2D eigenvalue weighted by atomic mass is 9.90. The average Bonchev–Trinajstić information content (AvgIpc) is 2.80. The topological polar surface area (TPSA) is 112 Å². The maximum absolute atomic E-state index is 10.4. The highest BCUT2D eigenvalue weighted by Gasteiger charge is 2.44. The van der Waals surface area contributed by atoms with E-state index in [2.05, 4.69) is 9.99 Å². The van der Waals surface area contributed by atoms with Crippen molar-refractivity contribution in [3.8, 4) is 0 Å². The molecule has 3 rings (SSSR count). The van der Waals surface area contributed by atoms with Gasteiger partial charge in [0, 0.05) is 5.02 Å². The summed E-state index contributed by atoms with van der Waals surface area (Å²) >= 11 is 6.41. The van der Waals surface area contributed by atoms with Crippen LogP contribution in [0.4, 0.5) is 0 Å². The number of aliphatic hydroxyl groups excluding tert-OH is 4. The molecule has 1 aliphatic heterocycles. The first-order valence-electron chi connectivity index (χ1n) is 10.3. The first kappa shape index (κ1) is 24.4. The van der Waals surface area contributed by atoms with Gasteiger partial charge in [0.15, 0.2) is 0 Å². The Kier molecular flexibility index (Phi) is 8.42. The molecule has 0 aromatic heterocycles. The molecule has 7 nitrogen and oxygen atoms in total. The van der Waals surface area contributed by atoms with Crippen LogP contribution in [0.1, 0.15) is 35.3 Å². The summed E-state index contributed by atoms with van der Waals surface area (Å²) in [6, 6.07) is 13.3. The maximum Gasteiger partial charge on any atom is 0.113 e. The SMILES string of the molecule is CON=CC=C(C)c1ccc(Cc2cc([C@@H]3O[C@H](CO)[C@@H](O)[C@H](O)[C@H]3O)ccc2Cl)cc1. The second kappa shape index (κ2) is 11.0. The quantitative estimate of drug-likeness (QED) is 0.372. The van der Waals surface area contributed by atoms with Gasteiger partial charge in [-0.3, -0.25) is 0 Å². The standard InChI is InChI=1S/C24H28ClNO6/c1-14(9-10-26-31-2)16-5-3-15(4-6-16)11-18-12-17(7-8-19(18)25)24-23(30)22(29)21(28)20(13-27)32-24/h3-10,12,20-24,27-30H,11,13H2,1-2H3/t20-,21-,22+,23-,24+/m1/s1. The van der Waals surface area contributed by atoms with Crippen LogP contribution in [0.15, 0.2) is 53.7 Å². The zero-order valence-corrected chi connectivity index (χ0v) is 18.7. The van der Waals surface area contributed by atoms with Crippen LogP contribution in [-0.2, 0) is 16.0 Å². The Bertz CT molecular complexity index is 959. The molecule has 0 radical (unpaired) electrons. The molecule has 8 heteroatoms. The molecule has 0 saturated carbocycles. The van der Waals surface area contributed by atoms with E-state index in [1.54, 1.807) is 18.3 Å². The molecule has 1 saturated heterocycles. The molecule has 2 aromatic carbocycles. The van der Waals surface area contributed by atoms with Crippen LogP contribution in [0.5, 0.6) is 0 Å². The van der Waals surface area contributed by atoms with E-state index in [-0.39, 0.29) is 0 Å². The predicted octanol–water partition coefficient (Wildman–Crippen LogP) is 2.48. The van der Waals surface area contributed by atoms with Crippen molar-refractivity contribution in [1.29, 1.82) is 0 Å². The largest absolute Gasteiger partial charge is 0.399 e. The Morgan fingerprint density at radius 2 is 1.81 bits per heavy atom. The fraction of sp³-hybridized carbons (Fsp3) is 0.375. The van der Waals surface area contributed by atoms with Crippen molar-refractivity contribution in [2.75, 3.05) is 13.7 Å². The summed E-state index contributed by atoms with van der Waals surface area (Å²) in [5.41, 5.74) is 4.57. The Hall–Kier alpha value is -2.26. The van der Waals surface area contributed by atoms with Gasteiger partial charge in [0.05, 0.1) is 12.8 Å². The van der Waals surface area contributed by atoms with Crippen molar-refractivity contribution in [1.82, 2.24) is 0 Å². The second-order valence-electron chi connectivity index (χ2n) is 7.76. The second-order valence-corrected chi connectivity index (χ2v) is 8.17. The highest BCUT2D eigenvalue weighted by atomic mass is 35.5. The molecule has 172 valence electrons. The predicted molar refractivity (Wildman–Crippen MR) is 123 cm³/mol. The summed E-state index contributed by atoms with van der Waals surface area (Å²) in [4.78, 5) is 4.66. The van der Waals surface area contributed by atoms with Crippen LogP contribution in [0.3, 0.4) is 0 Å². The number of benzene rings is 2. The van der Waals surface area contributed by atoms with Gasteiger partial charge in [0.1, 0.15) is 37.6 Å². The van der Waals surface area contributed by atoms with Gasteiger partial charge in [-0.05, 0) is 53.3 Å². The zero-order valence-electron chi connectivity index (χ0n) is 17.9. The third-order valence-corrected chi connectivity index (χ3v) is 5.95. The highest BCUT2D eigenvalue weighted by molar-refractivity contribution is 6.31.